The molecule has 0 spiro atoms. The van der Waals surface area contributed by atoms with Gasteiger partial charge in [0.2, 0.25) is 5.16 Å². The summed E-state index contributed by atoms with van der Waals surface area (Å²) in [6, 6.07) is 8.87. The Bertz CT molecular complexity index is 710. The fraction of sp³-hybridized carbons (Fsp3) is 0.0833. The van der Waals surface area contributed by atoms with Crippen LogP contribution in [0.3, 0.4) is 0 Å². The van der Waals surface area contributed by atoms with Crippen LogP contribution in [0.4, 0.5) is 0 Å². The third kappa shape index (κ3) is 3.02. The standard InChI is InChI=1S/C12H9BrN4OS2/c13-8-5-11(19-6-8)7-20-12-14-15-16-17(12)9-1-3-10(18)4-2-9/h1-6,18H,7H2. The molecule has 8 heteroatoms. The molecule has 20 heavy (non-hydrogen) atoms. The average molecular weight is 369 g/mol. The zero-order valence-electron chi connectivity index (χ0n) is 10.1. The highest BCUT2D eigenvalue weighted by atomic mass is 79.9. The van der Waals surface area contributed by atoms with Crippen LogP contribution in [0.25, 0.3) is 5.69 Å². The van der Waals surface area contributed by atoms with Crippen molar-refractivity contribution in [3.8, 4) is 11.4 Å². The van der Waals surface area contributed by atoms with E-state index in [-0.39, 0.29) is 5.75 Å². The first-order valence-electron chi connectivity index (χ1n) is 5.66. The van der Waals surface area contributed by atoms with E-state index in [1.807, 2.05) is 0 Å². The number of rotatable bonds is 4. The van der Waals surface area contributed by atoms with Gasteiger partial charge in [-0.3, -0.25) is 0 Å². The van der Waals surface area contributed by atoms with Gasteiger partial charge in [-0.2, -0.15) is 4.68 Å². The lowest BCUT2D eigenvalue weighted by molar-refractivity contribution is 0.475. The van der Waals surface area contributed by atoms with Gasteiger partial charge in [-0.25, -0.2) is 0 Å². The molecule has 0 bridgehead atoms. The van der Waals surface area contributed by atoms with Gasteiger partial charge in [0.1, 0.15) is 5.75 Å². The Balaban J connectivity index is 1.78. The Morgan fingerprint density at radius 3 is 2.80 bits per heavy atom. The van der Waals surface area contributed by atoms with Gasteiger partial charge in [0.05, 0.1) is 5.69 Å². The van der Waals surface area contributed by atoms with Crippen molar-refractivity contribution in [3.05, 3.63) is 45.1 Å². The number of tetrazole rings is 1. The second-order valence-electron chi connectivity index (χ2n) is 3.91. The number of hydrogen-bond donors (Lipinski definition) is 1. The fourth-order valence-electron chi connectivity index (χ4n) is 1.59. The Hall–Kier alpha value is -1.38. The van der Waals surface area contributed by atoms with Gasteiger partial charge < -0.3 is 5.11 Å². The summed E-state index contributed by atoms with van der Waals surface area (Å²) in [5, 5.41) is 23.8. The first-order chi connectivity index (χ1) is 9.72. The SMILES string of the molecule is Oc1ccc(-n2nnnc2SCc2cc(Br)cs2)cc1. The molecule has 0 amide bonds. The minimum Gasteiger partial charge on any atom is -0.508 e. The molecular formula is C12H9BrN4OS2. The number of thioether (sulfide) groups is 1. The zero-order chi connectivity index (χ0) is 13.9. The normalized spacial score (nSPS) is 10.8. The van der Waals surface area contributed by atoms with Gasteiger partial charge in [-0.15, -0.1) is 16.4 Å². The summed E-state index contributed by atoms with van der Waals surface area (Å²) < 4.78 is 2.75. The number of phenolic OH excluding ortho intramolecular Hbond substituents is 1. The van der Waals surface area contributed by atoms with Crippen molar-refractivity contribution in [1.29, 1.82) is 0 Å². The van der Waals surface area contributed by atoms with Gasteiger partial charge in [-0.1, -0.05) is 11.8 Å². The molecule has 0 aliphatic rings. The van der Waals surface area contributed by atoms with Crippen molar-refractivity contribution < 1.29 is 5.11 Å². The first-order valence-corrected chi connectivity index (χ1v) is 8.32. The topological polar surface area (TPSA) is 63.8 Å². The maximum atomic E-state index is 9.31. The summed E-state index contributed by atoms with van der Waals surface area (Å²) in [7, 11) is 0. The van der Waals surface area contributed by atoms with Gasteiger partial charge >= 0.3 is 0 Å². The van der Waals surface area contributed by atoms with Crippen LogP contribution in [0, 0.1) is 0 Å². The molecule has 102 valence electrons. The monoisotopic (exact) mass is 368 g/mol. The summed E-state index contributed by atoms with van der Waals surface area (Å²) in [5.74, 6) is 1.04. The van der Waals surface area contributed by atoms with Crippen LogP contribution in [0.5, 0.6) is 5.75 Å². The molecule has 1 aromatic carbocycles. The largest absolute Gasteiger partial charge is 0.508 e. The number of halogens is 1. The Morgan fingerprint density at radius 2 is 2.10 bits per heavy atom. The Morgan fingerprint density at radius 1 is 1.30 bits per heavy atom. The third-order valence-corrected chi connectivity index (χ3v) is 5.35. The van der Waals surface area contributed by atoms with Crippen molar-refractivity contribution in [3.63, 3.8) is 0 Å². The smallest absolute Gasteiger partial charge is 0.214 e. The van der Waals surface area contributed by atoms with Gasteiger partial charge in [0, 0.05) is 20.5 Å². The average Bonchev–Trinajstić information content (AvgIpc) is 3.06. The van der Waals surface area contributed by atoms with E-state index in [1.54, 1.807) is 52.0 Å². The Kier molecular flexibility index (Phi) is 4.04. The van der Waals surface area contributed by atoms with Crippen LogP contribution < -0.4 is 0 Å². The van der Waals surface area contributed by atoms with Gasteiger partial charge in [-0.05, 0) is 56.7 Å². The van der Waals surface area contributed by atoms with Crippen LogP contribution in [-0.2, 0) is 5.75 Å². The number of benzene rings is 1. The van der Waals surface area contributed by atoms with Crippen LogP contribution in [0.2, 0.25) is 0 Å². The molecule has 2 heterocycles. The van der Waals surface area contributed by atoms with Crippen molar-refractivity contribution in [2.24, 2.45) is 0 Å². The number of aromatic nitrogens is 4. The van der Waals surface area contributed by atoms with Crippen LogP contribution in [0.15, 0.2) is 45.3 Å². The van der Waals surface area contributed by atoms with E-state index >= 15 is 0 Å². The number of nitrogens with zero attached hydrogens (tertiary/aromatic N) is 4. The number of phenols is 1. The first kappa shape index (κ1) is 13.6. The van der Waals surface area contributed by atoms with Crippen LogP contribution in [0.1, 0.15) is 4.88 Å². The predicted molar refractivity (Wildman–Crippen MR) is 82.4 cm³/mol. The molecule has 0 radical (unpaired) electrons. The van der Waals surface area contributed by atoms with E-state index < -0.39 is 0 Å². The lowest BCUT2D eigenvalue weighted by Crippen LogP contribution is -1.98. The van der Waals surface area contributed by atoms with E-state index in [0.717, 1.165) is 21.1 Å². The maximum Gasteiger partial charge on any atom is 0.214 e. The van der Waals surface area contributed by atoms with E-state index in [4.69, 9.17) is 0 Å². The molecule has 0 unspecified atom stereocenters. The number of hydrogen-bond acceptors (Lipinski definition) is 6. The highest BCUT2D eigenvalue weighted by Gasteiger charge is 2.10. The second-order valence-corrected chi connectivity index (χ2v) is 6.76. The molecule has 0 saturated heterocycles. The number of aromatic hydroxyl groups is 1. The van der Waals surface area contributed by atoms with E-state index in [2.05, 4.69) is 42.9 Å². The fourth-order valence-corrected chi connectivity index (χ4v) is 3.99. The lowest BCUT2D eigenvalue weighted by Gasteiger charge is -2.03. The van der Waals surface area contributed by atoms with Crippen LogP contribution >= 0.6 is 39.0 Å². The molecule has 3 aromatic rings. The minimum absolute atomic E-state index is 0.222. The van der Waals surface area contributed by atoms with Crippen molar-refractivity contribution in [2.45, 2.75) is 10.9 Å². The lowest BCUT2D eigenvalue weighted by atomic mass is 10.3. The highest BCUT2D eigenvalue weighted by molar-refractivity contribution is 9.10. The minimum atomic E-state index is 0.222. The molecule has 0 atom stereocenters. The highest BCUT2D eigenvalue weighted by Crippen LogP contribution is 2.28. The zero-order valence-corrected chi connectivity index (χ0v) is 13.3. The van der Waals surface area contributed by atoms with Crippen molar-refractivity contribution in [1.82, 2.24) is 20.2 Å². The van der Waals surface area contributed by atoms with Crippen LogP contribution in [-0.4, -0.2) is 25.3 Å². The number of thiophene rings is 1. The van der Waals surface area contributed by atoms with E-state index in [9.17, 15) is 5.11 Å². The molecule has 0 fully saturated rings. The van der Waals surface area contributed by atoms with Gasteiger partial charge in [0.15, 0.2) is 0 Å². The Labute approximate surface area is 131 Å². The van der Waals surface area contributed by atoms with Crippen molar-refractivity contribution >= 4 is 39.0 Å². The molecule has 2 aromatic heterocycles. The second kappa shape index (κ2) is 5.94. The molecule has 0 saturated carbocycles. The van der Waals surface area contributed by atoms with E-state index in [0.29, 0.717) is 0 Å². The molecule has 0 aliphatic heterocycles. The van der Waals surface area contributed by atoms with Gasteiger partial charge in [0.25, 0.3) is 0 Å². The molecular weight excluding hydrogens is 360 g/mol. The van der Waals surface area contributed by atoms with Crippen molar-refractivity contribution in [2.75, 3.05) is 0 Å². The molecule has 0 aliphatic carbocycles. The summed E-state index contributed by atoms with van der Waals surface area (Å²) in [6.45, 7) is 0. The quantitative estimate of drug-likeness (QED) is 0.714. The summed E-state index contributed by atoms with van der Waals surface area (Å²) in [5.41, 5.74) is 0.822. The maximum absolute atomic E-state index is 9.31. The van der Waals surface area contributed by atoms with E-state index in [1.165, 1.54) is 4.88 Å². The third-order valence-electron chi connectivity index (χ3n) is 2.50. The molecule has 1 N–H and O–H groups in total. The summed E-state index contributed by atoms with van der Waals surface area (Å²) in [4.78, 5) is 1.25. The molecule has 3 rings (SSSR count). The molecule has 5 nitrogen and oxygen atoms in total. The predicted octanol–water partition coefficient (Wildman–Crippen LogP) is 3.48. The summed E-state index contributed by atoms with van der Waals surface area (Å²) in [6.07, 6.45) is 0. The summed E-state index contributed by atoms with van der Waals surface area (Å²) >= 11 is 6.71.